The highest BCUT2D eigenvalue weighted by molar-refractivity contribution is 7.46. The molecule has 0 spiro atoms. The third-order valence-electron chi connectivity index (χ3n) is 11.9. The zero-order valence-corrected chi connectivity index (χ0v) is 45.3. The van der Waals surface area contributed by atoms with E-state index >= 15 is 8.78 Å². The van der Waals surface area contributed by atoms with Crippen LogP contribution in [0.15, 0.2) is 115 Å². The van der Waals surface area contributed by atoms with Gasteiger partial charge in [0.1, 0.15) is 29.4 Å². The van der Waals surface area contributed by atoms with E-state index < -0.39 is 73.1 Å². The summed E-state index contributed by atoms with van der Waals surface area (Å²) in [6.45, 7) is 5.18. The van der Waals surface area contributed by atoms with Crippen LogP contribution in [-0.4, -0.2) is 107 Å². The molecule has 0 aliphatic carbocycles. The molecule has 414 valence electrons. The average Bonchev–Trinajstić information content (AvgIpc) is 3.95. The van der Waals surface area contributed by atoms with Crippen molar-refractivity contribution in [2.45, 2.75) is 63.5 Å². The predicted octanol–water partition coefficient (Wildman–Crippen LogP) is 10.1. The molecule has 0 unspecified atom stereocenters. The Hall–Kier alpha value is -6.01. The van der Waals surface area contributed by atoms with Crippen molar-refractivity contribution < 1.29 is 75.2 Å². The number of amides is 1. The Labute approximate surface area is 456 Å². The number of hydrogen-bond acceptors (Lipinski definition) is 14. The maximum absolute atomic E-state index is 16.1. The third kappa shape index (κ3) is 19.1. The summed E-state index contributed by atoms with van der Waals surface area (Å²) >= 11 is 12.3. The van der Waals surface area contributed by atoms with E-state index in [0.717, 1.165) is 18.9 Å². The monoisotopic (exact) mass is 1130 g/mol. The van der Waals surface area contributed by atoms with Gasteiger partial charge in [-0.15, -0.1) is 0 Å². The Kier molecular flexibility index (Phi) is 24.3. The quantitative estimate of drug-likeness (QED) is 0.0184. The number of nitrogens with one attached hydrogen (secondary N) is 2. The Morgan fingerprint density at radius 1 is 0.766 bits per heavy atom. The van der Waals surface area contributed by atoms with Crippen LogP contribution in [-0.2, 0) is 60.6 Å². The molecule has 0 radical (unpaired) electrons. The molecule has 22 heteroatoms. The van der Waals surface area contributed by atoms with E-state index in [2.05, 4.69) is 81.9 Å². The van der Waals surface area contributed by atoms with E-state index in [4.69, 9.17) is 66.1 Å². The first-order valence-corrected chi connectivity index (χ1v) is 26.6. The number of rotatable bonds is 25. The van der Waals surface area contributed by atoms with Gasteiger partial charge in [-0.25, -0.2) is 22.9 Å². The topological polar surface area (TPSA) is 230 Å². The van der Waals surface area contributed by atoms with Crippen molar-refractivity contribution in [3.8, 4) is 11.8 Å². The molecule has 1 aliphatic rings. The molecule has 5 aromatic carbocycles. The summed E-state index contributed by atoms with van der Waals surface area (Å²) in [4.78, 5) is 56.3. The molecule has 0 aromatic heterocycles. The first-order valence-electron chi connectivity index (χ1n) is 24.3. The second-order valence-electron chi connectivity index (χ2n) is 18.5. The maximum atomic E-state index is 16.1. The number of ether oxygens (including phenoxy) is 7. The molecular formula is C55H62Cl2F2N3O14P. The molecule has 1 saturated heterocycles. The molecule has 0 bridgehead atoms. The number of methoxy groups -OCH3 is 1. The molecule has 5 aromatic rings. The van der Waals surface area contributed by atoms with Crippen LogP contribution in [0, 0.1) is 28.4 Å². The number of phosphoric acid groups is 1. The molecule has 4 atom stereocenters. The number of aryl methyl sites for hydroxylation is 2. The van der Waals surface area contributed by atoms with E-state index in [1.165, 1.54) is 66.8 Å². The Morgan fingerprint density at radius 2 is 1.36 bits per heavy atom. The van der Waals surface area contributed by atoms with Gasteiger partial charge < -0.3 is 53.6 Å². The molecule has 1 amide bonds. The van der Waals surface area contributed by atoms with Crippen molar-refractivity contribution >= 4 is 54.7 Å². The normalized spacial score (nSPS) is 17.1. The van der Waals surface area contributed by atoms with Gasteiger partial charge in [-0.3, -0.25) is 9.32 Å². The van der Waals surface area contributed by atoms with Gasteiger partial charge >= 0.3 is 19.9 Å². The standard InChI is InChI=1S/C41H48Cl2F2N3O14P.C14H14/c1-40(2,3)22-33-41(23-46,28-10-9-26(42)21-30(28)44)34(27-6-5-7-29(43)35(27)45)36(48-33)37(49)47-31-11-8-25(20-32(31)55-4)38(50)60-24-61-39(51)59-18-16-57-14-12-56-13-15-58-17-19-62-63(52,53)54;1-3-7-13(8-4-1)11-12-14-9-5-2-6-10-14/h5-11,20-21,33-34,36,48H,12-19,22,24H2,1-4H3,(H,47,49)(H2,52,53,54);1-10H,11-12H2/t33-,34-,36+,41-;/m0./s1. The summed E-state index contributed by atoms with van der Waals surface area (Å²) in [5.41, 5.74) is 0.352. The number of esters is 1. The zero-order chi connectivity index (χ0) is 56.0. The van der Waals surface area contributed by atoms with Crippen LogP contribution in [0.4, 0.5) is 19.3 Å². The first kappa shape index (κ1) is 61.8. The summed E-state index contributed by atoms with van der Waals surface area (Å²) in [6.07, 6.45) is 1.37. The zero-order valence-electron chi connectivity index (χ0n) is 42.9. The van der Waals surface area contributed by atoms with Crippen molar-refractivity contribution in [3.05, 3.63) is 165 Å². The Bertz CT molecular complexity index is 2760. The molecular weight excluding hydrogens is 1070 g/mol. The summed E-state index contributed by atoms with van der Waals surface area (Å²) in [6, 6.07) is 33.3. The number of nitriles is 1. The van der Waals surface area contributed by atoms with E-state index in [9.17, 15) is 24.2 Å². The van der Waals surface area contributed by atoms with E-state index in [-0.39, 0.29) is 97.4 Å². The van der Waals surface area contributed by atoms with Gasteiger partial charge in [0, 0.05) is 22.5 Å². The summed E-state index contributed by atoms with van der Waals surface area (Å²) in [5, 5.41) is 16.9. The van der Waals surface area contributed by atoms with Crippen LogP contribution >= 0.6 is 31.0 Å². The molecule has 6 rings (SSSR count). The van der Waals surface area contributed by atoms with Gasteiger partial charge in [-0.2, -0.15) is 5.26 Å². The van der Waals surface area contributed by atoms with Crippen LogP contribution in [0.1, 0.15) is 65.7 Å². The van der Waals surface area contributed by atoms with Crippen molar-refractivity contribution in [3.63, 3.8) is 0 Å². The molecule has 77 heavy (non-hydrogen) atoms. The van der Waals surface area contributed by atoms with E-state index in [0.29, 0.717) is 0 Å². The predicted molar refractivity (Wildman–Crippen MR) is 283 cm³/mol. The number of phosphoric ester groups is 1. The summed E-state index contributed by atoms with van der Waals surface area (Å²) in [7, 11) is -3.25. The van der Waals surface area contributed by atoms with Crippen molar-refractivity contribution in [1.82, 2.24) is 5.32 Å². The van der Waals surface area contributed by atoms with Crippen molar-refractivity contribution in [1.29, 1.82) is 5.26 Å². The van der Waals surface area contributed by atoms with Crippen LogP contribution in [0.2, 0.25) is 10.0 Å². The van der Waals surface area contributed by atoms with Crippen LogP contribution in [0.5, 0.6) is 5.75 Å². The Balaban J connectivity index is 0.000000669. The molecule has 1 aliphatic heterocycles. The van der Waals surface area contributed by atoms with E-state index in [1.807, 2.05) is 20.8 Å². The number of benzene rings is 5. The number of hydrogen-bond donors (Lipinski definition) is 4. The lowest BCUT2D eigenvalue weighted by atomic mass is 9.62. The highest BCUT2D eigenvalue weighted by Crippen LogP contribution is 2.53. The second kappa shape index (κ2) is 30.2. The fourth-order valence-electron chi connectivity index (χ4n) is 8.46. The maximum Gasteiger partial charge on any atom is 0.511 e. The lowest BCUT2D eigenvalue weighted by Gasteiger charge is -2.37. The van der Waals surface area contributed by atoms with Gasteiger partial charge in [0.05, 0.1) is 81.7 Å². The molecule has 4 N–H and O–H groups in total. The smallest absolute Gasteiger partial charge is 0.495 e. The number of carbonyl (C=O) groups excluding carboxylic acids is 3. The van der Waals surface area contributed by atoms with Crippen molar-refractivity contribution in [2.75, 3.05) is 72.1 Å². The minimum atomic E-state index is -4.53. The van der Waals surface area contributed by atoms with Gasteiger partial charge in [0.2, 0.25) is 12.7 Å². The molecule has 0 saturated carbocycles. The summed E-state index contributed by atoms with van der Waals surface area (Å²) in [5.74, 6) is -4.68. The molecule has 17 nitrogen and oxygen atoms in total. The van der Waals surface area contributed by atoms with Gasteiger partial charge in [0.15, 0.2) is 0 Å². The van der Waals surface area contributed by atoms with Crippen LogP contribution in [0.25, 0.3) is 0 Å². The lowest BCUT2D eigenvalue weighted by molar-refractivity contribution is -0.118. The van der Waals surface area contributed by atoms with Gasteiger partial charge in [-0.1, -0.05) is 123 Å². The number of nitrogens with zero attached hydrogens (tertiary/aromatic N) is 1. The van der Waals surface area contributed by atoms with Gasteiger partial charge in [-0.05, 0) is 77.8 Å². The largest absolute Gasteiger partial charge is 0.511 e. The molecule has 1 heterocycles. The highest BCUT2D eigenvalue weighted by atomic mass is 35.5. The minimum Gasteiger partial charge on any atom is -0.495 e. The highest BCUT2D eigenvalue weighted by Gasteiger charge is 2.61. The molecule has 1 fully saturated rings. The van der Waals surface area contributed by atoms with Crippen LogP contribution < -0.4 is 15.4 Å². The lowest BCUT2D eigenvalue weighted by Crippen LogP contribution is -2.45. The average molecular weight is 1130 g/mol. The van der Waals surface area contributed by atoms with Crippen LogP contribution in [0.3, 0.4) is 0 Å². The fraction of sp³-hybridized carbons (Fsp3) is 0.382. The fourth-order valence-corrected chi connectivity index (χ4v) is 9.12. The SMILES string of the molecule is COc1cc(C(=O)OCOC(=O)OCCOCCOCCOCCOP(=O)(O)O)ccc1NC(=O)[C@@H]1N[C@@H](CC(C)(C)C)[C@](C#N)(c2ccc(Cl)cc2F)[C@H]1c1cccc(Cl)c1F.c1ccc(CCc2ccccc2)cc1. The Morgan fingerprint density at radius 3 is 1.92 bits per heavy atom. The van der Waals surface area contributed by atoms with Crippen molar-refractivity contribution in [2.24, 2.45) is 5.41 Å². The number of halogens is 4. The first-order chi connectivity index (χ1) is 36.8. The minimum absolute atomic E-state index is 0.00367. The third-order valence-corrected chi connectivity index (χ3v) is 12.9. The van der Waals surface area contributed by atoms with E-state index in [1.54, 1.807) is 0 Å². The summed E-state index contributed by atoms with van der Waals surface area (Å²) < 4.78 is 82.6. The number of carbonyl (C=O) groups is 3. The number of anilines is 1. The second-order valence-corrected chi connectivity index (χ2v) is 20.6. The van der Waals surface area contributed by atoms with Gasteiger partial charge in [0.25, 0.3) is 0 Å².